The van der Waals surface area contributed by atoms with Crippen molar-refractivity contribution in [2.45, 2.75) is 33.6 Å². The molecule has 0 bridgehead atoms. The molecule has 0 fully saturated rings. The van der Waals surface area contributed by atoms with Crippen LogP contribution >= 0.6 is 0 Å². The van der Waals surface area contributed by atoms with Gasteiger partial charge in [-0.1, -0.05) is 17.7 Å². The number of carbonyl (C=O) groups excluding carboxylic acids is 3. The fourth-order valence-electron chi connectivity index (χ4n) is 2.38. The summed E-state index contributed by atoms with van der Waals surface area (Å²) in [7, 11) is 0. The van der Waals surface area contributed by atoms with Gasteiger partial charge in [0.15, 0.2) is 5.78 Å². The molecule has 0 aliphatic rings. The lowest BCUT2D eigenvalue weighted by Crippen LogP contribution is -2.11. The number of anilines is 1. The van der Waals surface area contributed by atoms with Crippen molar-refractivity contribution in [3.05, 3.63) is 59.2 Å². The number of hydrogen-bond donors (Lipinski definition) is 1. The molecule has 2 aromatic carbocycles. The van der Waals surface area contributed by atoms with E-state index in [0.29, 0.717) is 17.0 Å². The SMILES string of the molecule is CC(=O)Nc1ccc(OC(=O)CCC(=O)c2cc(C)ccc2C)cc1. The van der Waals surface area contributed by atoms with E-state index in [1.807, 2.05) is 32.0 Å². The fourth-order valence-corrected chi connectivity index (χ4v) is 2.38. The third kappa shape index (κ3) is 5.57. The summed E-state index contributed by atoms with van der Waals surface area (Å²) < 4.78 is 5.21. The molecule has 130 valence electrons. The second-order valence-corrected chi connectivity index (χ2v) is 5.92. The molecule has 0 saturated carbocycles. The maximum absolute atomic E-state index is 12.3. The molecule has 25 heavy (non-hydrogen) atoms. The Kier molecular flexibility index (Phi) is 6.06. The predicted molar refractivity (Wildman–Crippen MR) is 95.9 cm³/mol. The number of rotatable bonds is 6. The molecule has 0 radical (unpaired) electrons. The van der Waals surface area contributed by atoms with Crippen LogP contribution in [0.4, 0.5) is 5.69 Å². The highest BCUT2D eigenvalue weighted by Gasteiger charge is 2.13. The number of amides is 1. The summed E-state index contributed by atoms with van der Waals surface area (Å²) in [6.07, 6.45) is 0.118. The first kappa shape index (κ1) is 18.4. The molecule has 2 aromatic rings. The Hall–Kier alpha value is -2.95. The second-order valence-electron chi connectivity index (χ2n) is 5.92. The average molecular weight is 339 g/mol. The van der Waals surface area contributed by atoms with E-state index in [1.165, 1.54) is 6.92 Å². The zero-order chi connectivity index (χ0) is 18.4. The first-order chi connectivity index (χ1) is 11.8. The summed E-state index contributed by atoms with van der Waals surface area (Å²) in [5.41, 5.74) is 3.18. The minimum atomic E-state index is -0.467. The fraction of sp³-hybridized carbons (Fsp3) is 0.250. The van der Waals surface area contributed by atoms with Gasteiger partial charge in [-0.2, -0.15) is 0 Å². The van der Waals surface area contributed by atoms with Crippen LogP contribution in [-0.4, -0.2) is 17.7 Å². The van der Waals surface area contributed by atoms with E-state index >= 15 is 0 Å². The summed E-state index contributed by atoms with van der Waals surface area (Å²) in [6, 6.07) is 12.2. The van der Waals surface area contributed by atoms with E-state index in [4.69, 9.17) is 4.74 Å². The third-order valence-corrected chi connectivity index (χ3v) is 3.66. The van der Waals surface area contributed by atoms with Crippen molar-refractivity contribution < 1.29 is 19.1 Å². The number of benzene rings is 2. The Morgan fingerprint density at radius 3 is 2.28 bits per heavy atom. The minimum Gasteiger partial charge on any atom is -0.427 e. The normalized spacial score (nSPS) is 10.2. The highest BCUT2D eigenvalue weighted by atomic mass is 16.5. The van der Waals surface area contributed by atoms with Crippen LogP contribution in [0.1, 0.15) is 41.3 Å². The van der Waals surface area contributed by atoms with Crippen LogP contribution in [0.3, 0.4) is 0 Å². The molecule has 5 nitrogen and oxygen atoms in total. The lowest BCUT2D eigenvalue weighted by atomic mass is 9.99. The van der Waals surface area contributed by atoms with Crippen molar-refractivity contribution in [2.24, 2.45) is 0 Å². The Balaban J connectivity index is 1.89. The van der Waals surface area contributed by atoms with E-state index < -0.39 is 5.97 Å². The quantitative estimate of drug-likeness (QED) is 0.493. The van der Waals surface area contributed by atoms with Gasteiger partial charge in [0.2, 0.25) is 5.91 Å². The molecule has 0 aliphatic carbocycles. The largest absolute Gasteiger partial charge is 0.427 e. The van der Waals surface area contributed by atoms with E-state index in [1.54, 1.807) is 24.3 Å². The second kappa shape index (κ2) is 8.24. The Morgan fingerprint density at radius 1 is 0.960 bits per heavy atom. The first-order valence-electron chi connectivity index (χ1n) is 8.04. The maximum atomic E-state index is 12.3. The molecule has 0 aliphatic heterocycles. The van der Waals surface area contributed by atoms with E-state index in [2.05, 4.69) is 5.32 Å². The molecular weight excluding hydrogens is 318 g/mol. The van der Waals surface area contributed by atoms with Gasteiger partial charge in [0, 0.05) is 24.6 Å². The highest BCUT2D eigenvalue weighted by Crippen LogP contribution is 2.17. The van der Waals surface area contributed by atoms with Gasteiger partial charge in [-0.15, -0.1) is 0 Å². The summed E-state index contributed by atoms with van der Waals surface area (Å²) in [4.78, 5) is 35.2. The van der Waals surface area contributed by atoms with Crippen molar-refractivity contribution in [2.75, 3.05) is 5.32 Å². The monoisotopic (exact) mass is 339 g/mol. The van der Waals surface area contributed by atoms with E-state index in [0.717, 1.165) is 11.1 Å². The summed E-state index contributed by atoms with van der Waals surface area (Å²) >= 11 is 0. The number of hydrogen-bond acceptors (Lipinski definition) is 4. The van der Waals surface area contributed by atoms with Crippen LogP contribution < -0.4 is 10.1 Å². The van der Waals surface area contributed by atoms with Gasteiger partial charge in [0.05, 0.1) is 6.42 Å². The van der Waals surface area contributed by atoms with Crippen molar-refractivity contribution in [1.82, 2.24) is 0 Å². The molecule has 2 rings (SSSR count). The van der Waals surface area contributed by atoms with Crippen LogP contribution in [0.2, 0.25) is 0 Å². The number of Topliss-reactive ketones (excluding diaryl/α,β-unsaturated/α-hetero) is 1. The van der Waals surface area contributed by atoms with Crippen LogP contribution in [0.25, 0.3) is 0 Å². The molecule has 1 N–H and O–H groups in total. The van der Waals surface area contributed by atoms with Gasteiger partial charge in [-0.05, 0) is 49.7 Å². The molecule has 0 heterocycles. The van der Waals surface area contributed by atoms with Gasteiger partial charge < -0.3 is 10.1 Å². The lowest BCUT2D eigenvalue weighted by Gasteiger charge is -2.07. The highest BCUT2D eigenvalue weighted by molar-refractivity contribution is 5.99. The number of carbonyl (C=O) groups is 3. The van der Waals surface area contributed by atoms with Crippen molar-refractivity contribution in [3.63, 3.8) is 0 Å². The number of aryl methyl sites for hydroxylation is 2. The third-order valence-electron chi connectivity index (χ3n) is 3.66. The predicted octanol–water partition coefficient (Wildman–Crippen LogP) is 3.83. The Labute approximate surface area is 147 Å². The van der Waals surface area contributed by atoms with Gasteiger partial charge in [0.1, 0.15) is 5.75 Å². The summed E-state index contributed by atoms with van der Waals surface area (Å²) in [5, 5.41) is 2.63. The summed E-state index contributed by atoms with van der Waals surface area (Å²) in [6.45, 7) is 5.22. The van der Waals surface area contributed by atoms with Gasteiger partial charge in [0.25, 0.3) is 0 Å². The molecular formula is C20H21NO4. The smallest absolute Gasteiger partial charge is 0.311 e. The van der Waals surface area contributed by atoms with Crippen LogP contribution in [0, 0.1) is 13.8 Å². The number of ketones is 1. The molecule has 5 heteroatoms. The topological polar surface area (TPSA) is 72.5 Å². The standard InChI is InChI=1S/C20H21NO4/c1-13-4-5-14(2)18(12-13)19(23)10-11-20(24)25-17-8-6-16(7-9-17)21-15(3)22/h4-9,12H,10-11H2,1-3H3,(H,21,22). The zero-order valence-corrected chi connectivity index (χ0v) is 14.6. The van der Waals surface area contributed by atoms with Crippen LogP contribution in [-0.2, 0) is 9.59 Å². The Bertz CT molecular complexity index is 794. The first-order valence-corrected chi connectivity index (χ1v) is 8.04. The van der Waals surface area contributed by atoms with Crippen molar-refractivity contribution in [3.8, 4) is 5.75 Å². The number of esters is 1. The van der Waals surface area contributed by atoms with Crippen molar-refractivity contribution in [1.29, 1.82) is 0 Å². The molecule has 0 atom stereocenters. The maximum Gasteiger partial charge on any atom is 0.311 e. The molecule has 0 aromatic heterocycles. The van der Waals surface area contributed by atoms with Gasteiger partial charge in [-0.3, -0.25) is 14.4 Å². The van der Waals surface area contributed by atoms with E-state index in [-0.39, 0.29) is 24.5 Å². The molecule has 0 unspecified atom stereocenters. The molecule has 1 amide bonds. The molecule has 0 spiro atoms. The lowest BCUT2D eigenvalue weighted by molar-refractivity contribution is -0.134. The minimum absolute atomic E-state index is 0.0136. The van der Waals surface area contributed by atoms with Gasteiger partial charge in [-0.25, -0.2) is 0 Å². The van der Waals surface area contributed by atoms with Crippen LogP contribution in [0.5, 0.6) is 5.75 Å². The zero-order valence-electron chi connectivity index (χ0n) is 14.6. The molecule has 0 saturated heterocycles. The average Bonchev–Trinajstić information content (AvgIpc) is 2.56. The number of ether oxygens (including phenoxy) is 1. The number of nitrogens with one attached hydrogen (secondary N) is 1. The summed E-state index contributed by atoms with van der Waals surface area (Å²) in [5.74, 6) is -0.335. The van der Waals surface area contributed by atoms with Crippen molar-refractivity contribution >= 4 is 23.3 Å². The van der Waals surface area contributed by atoms with Crippen LogP contribution in [0.15, 0.2) is 42.5 Å². The van der Waals surface area contributed by atoms with E-state index in [9.17, 15) is 14.4 Å². The van der Waals surface area contributed by atoms with Gasteiger partial charge >= 0.3 is 5.97 Å². The Morgan fingerprint density at radius 2 is 1.64 bits per heavy atom.